The Morgan fingerprint density at radius 2 is 2.10 bits per heavy atom. The lowest BCUT2D eigenvalue weighted by atomic mass is 10.2. The van der Waals surface area contributed by atoms with E-state index in [1.54, 1.807) is 0 Å². The fourth-order valence-electron chi connectivity index (χ4n) is 1.69. The maximum absolute atomic E-state index is 12.1. The third kappa shape index (κ3) is 4.55. The van der Waals surface area contributed by atoms with Gasteiger partial charge in [0.2, 0.25) is 0 Å². The third-order valence-electron chi connectivity index (χ3n) is 2.58. The van der Waals surface area contributed by atoms with E-state index in [9.17, 15) is 9.59 Å². The SMILES string of the molecule is C#CCN(CCC)C(=O)Nc1c(Cl)cc(Cl)cc1C(=O)O. The molecule has 2 amide bonds. The molecule has 0 unspecified atom stereocenters. The summed E-state index contributed by atoms with van der Waals surface area (Å²) in [5, 5.41) is 11.9. The molecule has 0 aliphatic heterocycles. The second kappa shape index (κ2) is 7.77. The molecule has 0 saturated heterocycles. The molecule has 21 heavy (non-hydrogen) atoms. The van der Waals surface area contributed by atoms with Gasteiger partial charge in [-0.25, -0.2) is 9.59 Å². The number of halogens is 2. The zero-order valence-electron chi connectivity index (χ0n) is 11.3. The molecule has 1 aromatic carbocycles. The van der Waals surface area contributed by atoms with Crippen molar-refractivity contribution in [2.24, 2.45) is 0 Å². The predicted molar refractivity (Wildman–Crippen MR) is 83.1 cm³/mol. The van der Waals surface area contributed by atoms with Gasteiger partial charge in [-0.3, -0.25) is 0 Å². The number of carbonyl (C=O) groups is 2. The monoisotopic (exact) mass is 328 g/mol. The first-order valence-electron chi connectivity index (χ1n) is 6.12. The fourth-order valence-corrected chi connectivity index (χ4v) is 2.23. The highest BCUT2D eigenvalue weighted by Crippen LogP contribution is 2.30. The molecule has 1 aromatic rings. The number of carboxylic acid groups (broad SMARTS) is 1. The van der Waals surface area contributed by atoms with Crippen molar-refractivity contribution in [3.05, 3.63) is 27.7 Å². The molecular formula is C14H14Cl2N2O3. The number of hydrogen-bond acceptors (Lipinski definition) is 2. The van der Waals surface area contributed by atoms with E-state index in [0.717, 1.165) is 6.42 Å². The number of anilines is 1. The number of urea groups is 1. The van der Waals surface area contributed by atoms with Crippen LogP contribution < -0.4 is 5.32 Å². The van der Waals surface area contributed by atoms with Crippen LogP contribution in [0.2, 0.25) is 10.0 Å². The number of carboxylic acids is 1. The standard InChI is InChI=1S/C14H14Cl2N2O3/c1-3-5-18(6-4-2)14(21)17-12-10(13(19)20)7-9(15)8-11(12)16/h1,7-8H,4-6H2,2H3,(H,17,21)(H,19,20). The minimum atomic E-state index is -1.24. The molecule has 0 radical (unpaired) electrons. The van der Waals surface area contributed by atoms with E-state index in [4.69, 9.17) is 34.7 Å². The molecule has 0 spiro atoms. The van der Waals surface area contributed by atoms with Crippen molar-refractivity contribution in [3.63, 3.8) is 0 Å². The predicted octanol–water partition coefficient (Wildman–Crippen LogP) is 3.57. The number of aromatic carboxylic acids is 1. The number of benzene rings is 1. The Morgan fingerprint density at radius 3 is 2.62 bits per heavy atom. The van der Waals surface area contributed by atoms with E-state index >= 15 is 0 Å². The van der Waals surface area contributed by atoms with Crippen molar-refractivity contribution >= 4 is 40.9 Å². The molecule has 0 aromatic heterocycles. The first-order chi connectivity index (χ1) is 9.90. The van der Waals surface area contributed by atoms with Gasteiger partial charge < -0.3 is 15.3 Å². The highest BCUT2D eigenvalue weighted by Gasteiger charge is 2.19. The molecule has 0 heterocycles. The lowest BCUT2D eigenvalue weighted by Crippen LogP contribution is -2.36. The summed E-state index contributed by atoms with van der Waals surface area (Å²) in [5.74, 6) is 1.13. The summed E-state index contributed by atoms with van der Waals surface area (Å²) in [6.07, 6.45) is 5.93. The van der Waals surface area contributed by atoms with Crippen molar-refractivity contribution in [3.8, 4) is 12.3 Å². The maximum atomic E-state index is 12.1. The van der Waals surface area contributed by atoms with E-state index < -0.39 is 12.0 Å². The van der Waals surface area contributed by atoms with E-state index in [1.165, 1.54) is 17.0 Å². The molecule has 7 heteroatoms. The van der Waals surface area contributed by atoms with Crippen LogP contribution in [0.3, 0.4) is 0 Å². The van der Waals surface area contributed by atoms with Crippen LogP contribution in [0.1, 0.15) is 23.7 Å². The molecule has 2 N–H and O–H groups in total. The second-order valence-corrected chi connectivity index (χ2v) is 5.01. The average molecular weight is 329 g/mol. The van der Waals surface area contributed by atoms with Crippen LogP contribution in [0, 0.1) is 12.3 Å². The van der Waals surface area contributed by atoms with E-state index in [-0.39, 0.29) is 27.8 Å². The molecule has 0 saturated carbocycles. The average Bonchev–Trinajstić information content (AvgIpc) is 2.40. The third-order valence-corrected chi connectivity index (χ3v) is 3.10. The Balaban J connectivity index is 3.09. The highest BCUT2D eigenvalue weighted by atomic mass is 35.5. The van der Waals surface area contributed by atoms with Crippen LogP contribution in [0.4, 0.5) is 10.5 Å². The molecule has 0 bridgehead atoms. The van der Waals surface area contributed by atoms with Crippen LogP contribution >= 0.6 is 23.2 Å². The van der Waals surface area contributed by atoms with Crippen molar-refractivity contribution in [2.75, 3.05) is 18.4 Å². The van der Waals surface area contributed by atoms with Crippen LogP contribution in [0.5, 0.6) is 0 Å². The topological polar surface area (TPSA) is 69.6 Å². The highest BCUT2D eigenvalue weighted by molar-refractivity contribution is 6.37. The van der Waals surface area contributed by atoms with Crippen LogP contribution in [-0.4, -0.2) is 35.1 Å². The normalized spacial score (nSPS) is 9.81. The summed E-state index contributed by atoms with van der Waals surface area (Å²) in [4.78, 5) is 24.7. The second-order valence-electron chi connectivity index (χ2n) is 4.17. The van der Waals surface area contributed by atoms with E-state index in [1.807, 2.05) is 6.92 Å². The van der Waals surface area contributed by atoms with Gasteiger partial charge in [-0.15, -0.1) is 6.42 Å². The summed E-state index contributed by atoms with van der Waals surface area (Å²) in [7, 11) is 0. The van der Waals surface area contributed by atoms with Crippen molar-refractivity contribution in [1.29, 1.82) is 0 Å². The number of hydrogen-bond donors (Lipinski definition) is 2. The number of amides is 2. The van der Waals surface area contributed by atoms with Gasteiger partial charge >= 0.3 is 12.0 Å². The van der Waals surface area contributed by atoms with Crippen LogP contribution in [0.25, 0.3) is 0 Å². The van der Waals surface area contributed by atoms with E-state index in [2.05, 4.69) is 11.2 Å². The molecule has 112 valence electrons. The smallest absolute Gasteiger partial charge is 0.337 e. The molecular weight excluding hydrogens is 315 g/mol. The van der Waals surface area contributed by atoms with Crippen molar-refractivity contribution in [1.82, 2.24) is 4.90 Å². The Bertz CT molecular complexity index is 597. The summed E-state index contributed by atoms with van der Waals surface area (Å²) in [6.45, 7) is 2.46. The summed E-state index contributed by atoms with van der Waals surface area (Å²) >= 11 is 11.7. The lowest BCUT2D eigenvalue weighted by Gasteiger charge is -2.21. The zero-order valence-corrected chi connectivity index (χ0v) is 12.8. The first kappa shape index (κ1) is 17.2. The Morgan fingerprint density at radius 1 is 1.43 bits per heavy atom. The Hall–Kier alpha value is -1.90. The van der Waals surface area contributed by atoms with Gasteiger partial charge in [-0.2, -0.15) is 0 Å². The van der Waals surface area contributed by atoms with Crippen LogP contribution in [-0.2, 0) is 0 Å². The number of carbonyl (C=O) groups excluding carboxylic acids is 1. The molecule has 0 atom stereocenters. The van der Waals surface area contributed by atoms with Crippen molar-refractivity contribution in [2.45, 2.75) is 13.3 Å². The molecule has 0 aliphatic carbocycles. The molecule has 5 nitrogen and oxygen atoms in total. The lowest BCUT2D eigenvalue weighted by molar-refractivity contribution is 0.0698. The number of nitrogens with one attached hydrogen (secondary N) is 1. The number of nitrogens with zero attached hydrogens (tertiary/aromatic N) is 1. The van der Waals surface area contributed by atoms with Crippen LogP contribution in [0.15, 0.2) is 12.1 Å². The summed E-state index contributed by atoms with van der Waals surface area (Å²) < 4.78 is 0. The Labute approximate surface area is 132 Å². The van der Waals surface area contributed by atoms with E-state index in [0.29, 0.717) is 6.54 Å². The first-order valence-corrected chi connectivity index (χ1v) is 6.88. The summed E-state index contributed by atoms with van der Waals surface area (Å²) in [5.41, 5.74) is -0.185. The van der Waals surface area contributed by atoms with Gasteiger partial charge in [0.15, 0.2) is 0 Å². The molecule has 0 fully saturated rings. The van der Waals surface area contributed by atoms with Gasteiger partial charge in [0, 0.05) is 11.6 Å². The van der Waals surface area contributed by atoms with Gasteiger partial charge in [0.05, 0.1) is 22.8 Å². The number of terminal acetylenes is 1. The van der Waals surface area contributed by atoms with Gasteiger partial charge in [0.1, 0.15) is 0 Å². The summed E-state index contributed by atoms with van der Waals surface area (Å²) in [6, 6.07) is 2.06. The number of rotatable bonds is 5. The van der Waals surface area contributed by atoms with Gasteiger partial charge in [-0.05, 0) is 18.6 Å². The van der Waals surface area contributed by atoms with Crippen molar-refractivity contribution < 1.29 is 14.7 Å². The molecule has 0 aliphatic rings. The maximum Gasteiger partial charge on any atom is 0.337 e. The fraction of sp³-hybridized carbons (Fsp3) is 0.286. The quantitative estimate of drug-likeness (QED) is 0.812. The van der Waals surface area contributed by atoms with Gasteiger partial charge in [0.25, 0.3) is 0 Å². The Kier molecular flexibility index (Phi) is 6.35. The minimum Gasteiger partial charge on any atom is -0.478 e. The zero-order chi connectivity index (χ0) is 16.0. The minimum absolute atomic E-state index is 0.00306. The molecule has 1 rings (SSSR count). The largest absolute Gasteiger partial charge is 0.478 e. The van der Waals surface area contributed by atoms with Gasteiger partial charge in [-0.1, -0.05) is 36.0 Å².